The van der Waals surface area contributed by atoms with Gasteiger partial charge in [-0.1, -0.05) is 6.08 Å². The fraction of sp³-hybridized carbons (Fsp3) is 0.533. The summed E-state index contributed by atoms with van der Waals surface area (Å²) in [6.07, 6.45) is 1.85. The molecule has 1 saturated heterocycles. The van der Waals surface area contributed by atoms with E-state index < -0.39 is 24.3 Å². The molecule has 1 aromatic rings. The zero-order chi connectivity index (χ0) is 16.5. The molecule has 0 spiro atoms. The van der Waals surface area contributed by atoms with Gasteiger partial charge in [-0.05, 0) is 51.2 Å². The molecule has 120 valence electrons. The second kappa shape index (κ2) is 6.16. The van der Waals surface area contributed by atoms with Crippen LogP contribution in [0.3, 0.4) is 0 Å². The number of carbonyl (C=O) groups is 1. The highest BCUT2D eigenvalue weighted by atomic mass is 32.1. The van der Waals surface area contributed by atoms with E-state index in [1.807, 2.05) is 46.2 Å². The number of aromatic carboxylic acids is 1. The van der Waals surface area contributed by atoms with E-state index in [0.29, 0.717) is 17.7 Å². The number of carboxylic acids is 1. The van der Waals surface area contributed by atoms with Crippen LogP contribution in [0, 0.1) is 0 Å². The highest BCUT2D eigenvalue weighted by Gasteiger charge is 2.52. The quantitative estimate of drug-likeness (QED) is 0.816. The van der Waals surface area contributed by atoms with Gasteiger partial charge in [0.1, 0.15) is 0 Å². The summed E-state index contributed by atoms with van der Waals surface area (Å²) in [5.41, 5.74) is 1.01. The number of thiophene rings is 1. The van der Waals surface area contributed by atoms with Gasteiger partial charge >= 0.3 is 13.1 Å². The first-order chi connectivity index (χ1) is 10.2. The Hall–Kier alpha value is -1.15. The molecule has 1 aliphatic rings. The van der Waals surface area contributed by atoms with E-state index in [4.69, 9.17) is 9.31 Å². The predicted molar refractivity (Wildman–Crippen MR) is 89.3 cm³/mol. The van der Waals surface area contributed by atoms with Crippen LogP contribution >= 0.6 is 11.3 Å². The van der Waals surface area contributed by atoms with Crippen LogP contribution in [0.25, 0.3) is 6.08 Å². The molecule has 2 heterocycles. The third kappa shape index (κ3) is 3.27. The maximum atomic E-state index is 11.2. The third-order valence-electron chi connectivity index (χ3n) is 4.20. The lowest BCUT2D eigenvalue weighted by Crippen LogP contribution is -2.41. The first-order valence-electron chi connectivity index (χ1n) is 7.18. The fourth-order valence-corrected chi connectivity index (χ4v) is 2.98. The van der Waals surface area contributed by atoms with Crippen LogP contribution in [0.4, 0.5) is 0 Å². The van der Waals surface area contributed by atoms with Gasteiger partial charge in [0.15, 0.2) is 0 Å². The summed E-state index contributed by atoms with van der Waals surface area (Å²) < 4.78 is 12.1. The van der Waals surface area contributed by atoms with Crippen LogP contribution in [-0.4, -0.2) is 43.0 Å². The average molecular weight is 323 g/mol. The van der Waals surface area contributed by atoms with Crippen LogP contribution in [0.15, 0.2) is 16.2 Å². The molecule has 1 aliphatic heterocycles. The van der Waals surface area contributed by atoms with Gasteiger partial charge in [0.05, 0.1) is 16.8 Å². The van der Waals surface area contributed by atoms with Gasteiger partial charge in [-0.15, -0.1) is 0 Å². The number of rotatable bonds is 5. The Kier molecular flexibility index (Phi) is 4.82. The molecule has 0 saturated carbocycles. The third-order valence-corrected chi connectivity index (χ3v) is 4.96. The van der Waals surface area contributed by atoms with Crippen LogP contribution < -0.4 is 5.32 Å². The summed E-state index contributed by atoms with van der Waals surface area (Å²) in [4.78, 5) is 11.2. The lowest BCUT2D eigenvalue weighted by Gasteiger charge is -2.32. The van der Waals surface area contributed by atoms with E-state index in [2.05, 4.69) is 5.32 Å². The molecular formula is C15H22BNO4S. The van der Waals surface area contributed by atoms with Crippen molar-refractivity contribution in [1.82, 2.24) is 5.32 Å². The van der Waals surface area contributed by atoms with Crippen molar-refractivity contribution in [3.8, 4) is 0 Å². The van der Waals surface area contributed by atoms with E-state index in [1.165, 1.54) is 11.3 Å². The van der Waals surface area contributed by atoms with Gasteiger partial charge in [-0.3, -0.25) is 0 Å². The lowest BCUT2D eigenvalue weighted by atomic mass is 9.77. The van der Waals surface area contributed by atoms with E-state index in [0.717, 1.165) is 5.47 Å². The first-order valence-corrected chi connectivity index (χ1v) is 8.12. The van der Waals surface area contributed by atoms with Gasteiger partial charge in [-0.25, -0.2) is 4.79 Å². The summed E-state index contributed by atoms with van der Waals surface area (Å²) in [6, 6.07) is 0. The number of nitrogens with one attached hydrogen (secondary N) is 1. The monoisotopic (exact) mass is 323 g/mol. The SMILES string of the molecule is CNCC(=Cc1cscc1C(=O)O)B1OC(C)(C)C(C)(C)O1. The maximum absolute atomic E-state index is 11.2. The molecule has 0 radical (unpaired) electrons. The highest BCUT2D eigenvalue weighted by molar-refractivity contribution is 7.08. The Morgan fingerprint density at radius 1 is 1.32 bits per heavy atom. The second-order valence-corrected chi connectivity index (χ2v) is 7.13. The molecule has 2 N–H and O–H groups in total. The molecule has 1 fully saturated rings. The van der Waals surface area contributed by atoms with Crippen LogP contribution in [-0.2, 0) is 9.31 Å². The Labute approximate surface area is 135 Å². The van der Waals surface area contributed by atoms with Crippen molar-refractivity contribution in [2.45, 2.75) is 38.9 Å². The largest absolute Gasteiger partial charge is 0.491 e. The maximum Gasteiger partial charge on any atom is 0.491 e. The molecule has 22 heavy (non-hydrogen) atoms. The van der Waals surface area contributed by atoms with Crippen molar-refractivity contribution in [2.75, 3.05) is 13.6 Å². The first kappa shape index (κ1) is 17.2. The minimum absolute atomic E-state index is 0.301. The summed E-state index contributed by atoms with van der Waals surface area (Å²) >= 11 is 1.37. The molecule has 0 atom stereocenters. The standard InChI is InChI=1S/C15H22BNO4S/c1-14(2)15(3,4)21-16(20-14)11(7-17-5)6-10-8-22-9-12(10)13(18)19/h6,8-9,17H,7H2,1-5H3,(H,18,19). The van der Waals surface area contributed by atoms with Crippen molar-refractivity contribution >= 4 is 30.5 Å². The highest BCUT2D eigenvalue weighted by Crippen LogP contribution is 2.38. The molecule has 0 unspecified atom stereocenters. The molecular weight excluding hydrogens is 301 g/mol. The van der Waals surface area contributed by atoms with Gasteiger partial charge in [0.2, 0.25) is 0 Å². The molecule has 0 amide bonds. The van der Waals surface area contributed by atoms with Crippen molar-refractivity contribution in [3.05, 3.63) is 27.4 Å². The Bertz CT molecular complexity index is 578. The number of carboxylic acid groups (broad SMARTS) is 1. The molecule has 2 rings (SSSR count). The van der Waals surface area contributed by atoms with Crippen LogP contribution in [0.5, 0.6) is 0 Å². The van der Waals surface area contributed by atoms with Gasteiger partial charge in [0.25, 0.3) is 0 Å². The van der Waals surface area contributed by atoms with Crippen LogP contribution in [0.1, 0.15) is 43.6 Å². The zero-order valence-corrected chi connectivity index (χ0v) is 14.4. The minimum atomic E-state index is -0.926. The molecule has 0 aliphatic carbocycles. The van der Waals surface area contributed by atoms with Crippen molar-refractivity contribution < 1.29 is 19.2 Å². The topological polar surface area (TPSA) is 67.8 Å². The van der Waals surface area contributed by atoms with E-state index in [9.17, 15) is 9.90 Å². The summed E-state index contributed by atoms with van der Waals surface area (Å²) in [7, 11) is 1.35. The Morgan fingerprint density at radius 2 is 1.91 bits per heavy atom. The molecule has 7 heteroatoms. The molecule has 5 nitrogen and oxygen atoms in total. The molecule has 0 bridgehead atoms. The minimum Gasteiger partial charge on any atom is -0.478 e. The van der Waals surface area contributed by atoms with Gasteiger partial charge < -0.3 is 19.7 Å². The van der Waals surface area contributed by atoms with Crippen molar-refractivity contribution in [3.63, 3.8) is 0 Å². The summed E-state index contributed by atoms with van der Waals surface area (Å²) in [5, 5.41) is 15.8. The second-order valence-electron chi connectivity index (χ2n) is 6.38. The zero-order valence-electron chi connectivity index (χ0n) is 13.6. The molecule has 0 aromatic carbocycles. The van der Waals surface area contributed by atoms with Crippen molar-refractivity contribution in [1.29, 1.82) is 0 Å². The van der Waals surface area contributed by atoms with E-state index in [-0.39, 0.29) is 0 Å². The van der Waals surface area contributed by atoms with Crippen LogP contribution in [0.2, 0.25) is 0 Å². The Balaban J connectivity index is 2.33. The normalized spacial score (nSPS) is 20.4. The summed E-state index contributed by atoms with van der Waals surface area (Å²) in [6.45, 7) is 8.55. The van der Waals surface area contributed by atoms with E-state index >= 15 is 0 Å². The number of likely N-dealkylation sites (N-methyl/N-ethyl adjacent to an activating group) is 1. The summed E-state index contributed by atoms with van der Waals surface area (Å²) in [5.74, 6) is -0.926. The lowest BCUT2D eigenvalue weighted by molar-refractivity contribution is 0.00578. The smallest absolute Gasteiger partial charge is 0.478 e. The van der Waals surface area contributed by atoms with Gasteiger partial charge in [-0.2, -0.15) is 11.3 Å². The average Bonchev–Trinajstić information content (AvgIpc) is 2.92. The van der Waals surface area contributed by atoms with E-state index in [1.54, 1.807) is 5.38 Å². The number of hydrogen-bond donors (Lipinski definition) is 2. The number of hydrogen-bond acceptors (Lipinski definition) is 5. The fourth-order valence-electron chi connectivity index (χ4n) is 2.19. The van der Waals surface area contributed by atoms with Crippen molar-refractivity contribution in [2.24, 2.45) is 0 Å². The Morgan fingerprint density at radius 3 is 2.41 bits per heavy atom. The molecule has 1 aromatic heterocycles. The van der Waals surface area contributed by atoms with Gasteiger partial charge in [0, 0.05) is 11.9 Å². The predicted octanol–water partition coefficient (Wildman–Crippen LogP) is 2.68.